The SMILES string of the molecule is CCCCCCCCC1COCCOCCOCC(CCCCCCCC)OCc2nc(n[nH]2)CO1. The maximum atomic E-state index is 6.17. The lowest BCUT2D eigenvalue weighted by Crippen LogP contribution is -2.23. The molecular formula is C28H53N3O5. The number of nitrogens with one attached hydrogen (secondary N) is 1. The van der Waals surface area contributed by atoms with E-state index >= 15 is 0 Å². The lowest BCUT2D eigenvalue weighted by atomic mass is 10.1. The van der Waals surface area contributed by atoms with E-state index in [1.165, 1.54) is 64.2 Å². The van der Waals surface area contributed by atoms with Gasteiger partial charge in [-0.3, -0.25) is 5.10 Å². The van der Waals surface area contributed by atoms with E-state index in [0.717, 1.165) is 31.5 Å². The zero-order valence-corrected chi connectivity index (χ0v) is 23.1. The molecule has 210 valence electrons. The summed E-state index contributed by atoms with van der Waals surface area (Å²) in [5.74, 6) is 1.39. The predicted octanol–water partition coefficient (Wildman–Crippen LogP) is 6.14. The number of unbranched alkanes of at least 4 members (excludes halogenated alkanes) is 10. The van der Waals surface area contributed by atoms with E-state index in [9.17, 15) is 0 Å². The summed E-state index contributed by atoms with van der Waals surface area (Å²) in [5, 5.41) is 7.35. The molecule has 2 bridgehead atoms. The van der Waals surface area contributed by atoms with Crippen LogP contribution in [-0.4, -0.2) is 67.0 Å². The van der Waals surface area contributed by atoms with Crippen LogP contribution in [0, 0.1) is 0 Å². The minimum absolute atomic E-state index is 0.0401. The molecule has 1 N–H and O–H groups in total. The zero-order chi connectivity index (χ0) is 25.5. The number of aromatic nitrogens is 3. The molecule has 0 aliphatic carbocycles. The first kappa shape index (κ1) is 31.2. The zero-order valence-electron chi connectivity index (χ0n) is 23.1. The Balaban J connectivity index is 1.81. The molecule has 2 atom stereocenters. The van der Waals surface area contributed by atoms with E-state index in [2.05, 4.69) is 29.0 Å². The molecule has 8 heteroatoms. The van der Waals surface area contributed by atoms with Gasteiger partial charge in [-0.1, -0.05) is 90.9 Å². The minimum atomic E-state index is 0.0401. The van der Waals surface area contributed by atoms with Gasteiger partial charge in [0.2, 0.25) is 0 Å². The van der Waals surface area contributed by atoms with Crippen molar-refractivity contribution in [3.05, 3.63) is 11.6 Å². The molecule has 1 aromatic rings. The van der Waals surface area contributed by atoms with Gasteiger partial charge < -0.3 is 23.7 Å². The van der Waals surface area contributed by atoms with Crippen LogP contribution in [0.5, 0.6) is 0 Å². The number of H-pyrrole nitrogens is 1. The molecule has 0 saturated heterocycles. The Hall–Kier alpha value is -1.06. The Morgan fingerprint density at radius 1 is 0.639 bits per heavy atom. The van der Waals surface area contributed by atoms with Crippen LogP contribution in [0.1, 0.15) is 115 Å². The first-order valence-electron chi connectivity index (χ1n) is 14.7. The number of fused-ring (bicyclic) bond motifs is 2. The van der Waals surface area contributed by atoms with Crippen LogP contribution >= 0.6 is 0 Å². The van der Waals surface area contributed by atoms with Crippen LogP contribution < -0.4 is 0 Å². The normalized spacial score (nSPS) is 21.2. The molecule has 1 aromatic heterocycles. The number of ether oxygens (including phenoxy) is 5. The van der Waals surface area contributed by atoms with E-state index < -0.39 is 0 Å². The van der Waals surface area contributed by atoms with Crippen molar-refractivity contribution in [2.45, 2.75) is 129 Å². The number of rotatable bonds is 14. The summed E-state index contributed by atoms with van der Waals surface area (Å²) < 4.78 is 29.7. The van der Waals surface area contributed by atoms with Crippen LogP contribution in [0.15, 0.2) is 0 Å². The van der Waals surface area contributed by atoms with E-state index in [1.807, 2.05) is 0 Å². The van der Waals surface area contributed by atoms with Gasteiger partial charge in [-0.25, -0.2) is 4.98 Å². The molecule has 1 aliphatic heterocycles. The monoisotopic (exact) mass is 511 g/mol. The fourth-order valence-electron chi connectivity index (χ4n) is 4.35. The summed E-state index contributed by atoms with van der Waals surface area (Å²) in [6.07, 6.45) is 17.3. The molecular weight excluding hydrogens is 458 g/mol. The molecule has 0 saturated carbocycles. The van der Waals surface area contributed by atoms with Gasteiger partial charge in [0.15, 0.2) is 11.6 Å². The fraction of sp³-hybridized carbons (Fsp3) is 0.929. The molecule has 0 fully saturated rings. The van der Waals surface area contributed by atoms with Crippen molar-refractivity contribution in [2.24, 2.45) is 0 Å². The lowest BCUT2D eigenvalue weighted by molar-refractivity contribution is -0.0582. The Bertz CT molecular complexity index is 567. The molecule has 0 spiro atoms. The van der Waals surface area contributed by atoms with Crippen molar-refractivity contribution in [2.75, 3.05) is 39.6 Å². The van der Waals surface area contributed by atoms with Crippen LogP contribution in [0.25, 0.3) is 0 Å². The summed E-state index contributed by atoms with van der Waals surface area (Å²) in [4.78, 5) is 4.58. The highest BCUT2D eigenvalue weighted by atomic mass is 16.6. The summed E-state index contributed by atoms with van der Waals surface area (Å²) in [5.41, 5.74) is 0. The molecule has 0 amide bonds. The molecule has 2 rings (SSSR count). The third-order valence-electron chi connectivity index (χ3n) is 6.59. The minimum Gasteiger partial charge on any atom is -0.377 e. The van der Waals surface area contributed by atoms with Crippen LogP contribution in [0.4, 0.5) is 0 Å². The maximum Gasteiger partial charge on any atom is 0.176 e. The van der Waals surface area contributed by atoms with Gasteiger partial charge in [0.1, 0.15) is 13.2 Å². The van der Waals surface area contributed by atoms with Crippen molar-refractivity contribution in [3.8, 4) is 0 Å². The second kappa shape index (κ2) is 22.0. The Labute approximate surface area is 219 Å². The van der Waals surface area contributed by atoms with Gasteiger partial charge in [0.05, 0.1) is 51.8 Å². The average Bonchev–Trinajstić information content (AvgIpc) is 3.35. The number of hydrogen-bond donors (Lipinski definition) is 1. The smallest absolute Gasteiger partial charge is 0.176 e. The van der Waals surface area contributed by atoms with Gasteiger partial charge in [0, 0.05) is 0 Å². The Morgan fingerprint density at radius 2 is 1.14 bits per heavy atom. The van der Waals surface area contributed by atoms with E-state index in [4.69, 9.17) is 23.7 Å². The van der Waals surface area contributed by atoms with E-state index in [1.54, 1.807) is 0 Å². The molecule has 0 aromatic carbocycles. The van der Waals surface area contributed by atoms with Crippen LogP contribution in [0.3, 0.4) is 0 Å². The van der Waals surface area contributed by atoms with Crippen LogP contribution in [-0.2, 0) is 36.9 Å². The summed E-state index contributed by atoms with van der Waals surface area (Å²) in [6.45, 7) is 8.66. The quantitative estimate of drug-likeness (QED) is 0.300. The van der Waals surface area contributed by atoms with E-state index in [-0.39, 0.29) is 12.2 Å². The Kier molecular flexibility index (Phi) is 19.0. The highest BCUT2D eigenvalue weighted by Gasteiger charge is 2.15. The predicted molar refractivity (Wildman–Crippen MR) is 142 cm³/mol. The third kappa shape index (κ3) is 15.9. The van der Waals surface area contributed by atoms with Crippen molar-refractivity contribution in [1.82, 2.24) is 15.2 Å². The summed E-state index contributed by atoms with van der Waals surface area (Å²) in [6, 6.07) is 0. The summed E-state index contributed by atoms with van der Waals surface area (Å²) in [7, 11) is 0. The van der Waals surface area contributed by atoms with Gasteiger partial charge in [-0.2, -0.15) is 5.10 Å². The van der Waals surface area contributed by atoms with Crippen molar-refractivity contribution < 1.29 is 23.7 Å². The Morgan fingerprint density at radius 3 is 1.72 bits per heavy atom. The van der Waals surface area contributed by atoms with Gasteiger partial charge in [-0.05, 0) is 12.8 Å². The average molecular weight is 512 g/mol. The topological polar surface area (TPSA) is 87.7 Å². The second-order valence-corrected chi connectivity index (χ2v) is 9.94. The molecule has 36 heavy (non-hydrogen) atoms. The summed E-state index contributed by atoms with van der Waals surface area (Å²) >= 11 is 0. The first-order valence-corrected chi connectivity index (χ1v) is 14.7. The number of hydrogen-bond acceptors (Lipinski definition) is 7. The second-order valence-electron chi connectivity index (χ2n) is 9.94. The molecule has 2 unspecified atom stereocenters. The van der Waals surface area contributed by atoms with Gasteiger partial charge >= 0.3 is 0 Å². The standard InChI is InChI=1S/C28H53N3O5/c1-3-5-7-9-11-13-15-25-21-33-19-17-32-18-20-34-22-26(16-14-12-10-8-6-4-2)36-24-28-29-27(23-35-25)30-31-28/h25-26H,3-24H2,1-2H3,(H,29,30,31). The van der Waals surface area contributed by atoms with Gasteiger partial charge in [-0.15, -0.1) is 0 Å². The number of nitrogens with zero attached hydrogens (tertiary/aromatic N) is 2. The van der Waals surface area contributed by atoms with Crippen molar-refractivity contribution >= 4 is 0 Å². The van der Waals surface area contributed by atoms with Crippen molar-refractivity contribution in [3.63, 3.8) is 0 Å². The molecule has 1 aliphatic rings. The lowest BCUT2D eigenvalue weighted by Gasteiger charge is -2.18. The number of aromatic amines is 1. The highest BCUT2D eigenvalue weighted by molar-refractivity contribution is 4.87. The third-order valence-corrected chi connectivity index (χ3v) is 6.59. The largest absolute Gasteiger partial charge is 0.377 e. The molecule has 2 heterocycles. The molecule has 8 nitrogen and oxygen atoms in total. The van der Waals surface area contributed by atoms with E-state index in [0.29, 0.717) is 58.7 Å². The molecule has 0 radical (unpaired) electrons. The van der Waals surface area contributed by atoms with Crippen molar-refractivity contribution in [1.29, 1.82) is 0 Å². The van der Waals surface area contributed by atoms with Gasteiger partial charge in [0.25, 0.3) is 0 Å². The van der Waals surface area contributed by atoms with Crippen LogP contribution in [0.2, 0.25) is 0 Å². The first-order chi connectivity index (χ1) is 17.8. The maximum absolute atomic E-state index is 6.17. The fourth-order valence-corrected chi connectivity index (χ4v) is 4.35. The highest BCUT2D eigenvalue weighted by Crippen LogP contribution is 2.14.